The van der Waals surface area contributed by atoms with Crippen molar-refractivity contribution in [2.75, 3.05) is 6.54 Å². The summed E-state index contributed by atoms with van der Waals surface area (Å²) >= 11 is 6.04. The number of rotatable bonds is 5. The molecule has 0 bridgehead atoms. The van der Waals surface area contributed by atoms with E-state index in [9.17, 15) is 0 Å². The topological polar surface area (TPSA) is 24.9 Å². The Bertz CT molecular complexity index is 523. The van der Waals surface area contributed by atoms with E-state index in [2.05, 4.69) is 35.4 Å². The number of aryl methyl sites for hydroxylation is 1. The molecule has 2 aromatic rings. The average Bonchev–Trinajstić information content (AvgIpc) is 2.39. The molecular weight excluding hydrogens is 256 g/mol. The summed E-state index contributed by atoms with van der Waals surface area (Å²) in [6, 6.07) is 12.5. The van der Waals surface area contributed by atoms with E-state index in [1.165, 1.54) is 11.1 Å². The van der Waals surface area contributed by atoms with Crippen molar-refractivity contribution in [3.8, 4) is 0 Å². The molecule has 1 heterocycles. The van der Waals surface area contributed by atoms with Crippen LogP contribution in [-0.2, 0) is 6.42 Å². The Morgan fingerprint density at radius 3 is 2.74 bits per heavy atom. The number of likely N-dealkylation sites (N-methyl/N-ethyl adjacent to an activating group) is 1. The van der Waals surface area contributed by atoms with Gasteiger partial charge in [0, 0.05) is 23.0 Å². The lowest BCUT2D eigenvalue weighted by Crippen LogP contribution is -2.23. The number of nitrogens with zero attached hydrogens (tertiary/aromatic N) is 1. The van der Waals surface area contributed by atoms with Crippen molar-refractivity contribution in [2.45, 2.75) is 26.3 Å². The fourth-order valence-corrected chi connectivity index (χ4v) is 2.35. The molecule has 3 heteroatoms. The Balaban J connectivity index is 2.18. The molecule has 1 unspecified atom stereocenters. The zero-order valence-electron chi connectivity index (χ0n) is 11.4. The normalized spacial score (nSPS) is 12.4. The van der Waals surface area contributed by atoms with Crippen LogP contribution in [0.4, 0.5) is 0 Å². The largest absolute Gasteiger partial charge is 0.310 e. The molecular formula is C16H19ClN2. The van der Waals surface area contributed by atoms with Crippen molar-refractivity contribution in [1.82, 2.24) is 10.3 Å². The SMILES string of the molecule is CCNC(Cc1cccc(Cl)c1)c1ccc(C)nc1. The third kappa shape index (κ3) is 4.05. The van der Waals surface area contributed by atoms with Crippen LogP contribution in [0.25, 0.3) is 0 Å². The van der Waals surface area contributed by atoms with E-state index in [0.717, 1.165) is 23.7 Å². The van der Waals surface area contributed by atoms with Crippen molar-refractivity contribution in [3.63, 3.8) is 0 Å². The lowest BCUT2D eigenvalue weighted by molar-refractivity contribution is 0.548. The van der Waals surface area contributed by atoms with Crippen LogP contribution >= 0.6 is 11.6 Å². The maximum atomic E-state index is 6.04. The van der Waals surface area contributed by atoms with E-state index in [1.54, 1.807) is 0 Å². The number of benzene rings is 1. The molecule has 0 aliphatic rings. The first-order valence-corrected chi connectivity index (χ1v) is 6.97. The number of aromatic nitrogens is 1. The Labute approximate surface area is 119 Å². The third-order valence-corrected chi connectivity index (χ3v) is 3.35. The van der Waals surface area contributed by atoms with Gasteiger partial charge in [-0.25, -0.2) is 0 Å². The summed E-state index contributed by atoms with van der Waals surface area (Å²) < 4.78 is 0. The lowest BCUT2D eigenvalue weighted by Gasteiger charge is -2.18. The standard InChI is InChI=1S/C16H19ClN2/c1-3-18-16(14-8-7-12(2)19-11-14)10-13-5-4-6-15(17)9-13/h4-9,11,16,18H,3,10H2,1-2H3. The highest BCUT2D eigenvalue weighted by atomic mass is 35.5. The minimum atomic E-state index is 0.275. The van der Waals surface area contributed by atoms with Gasteiger partial charge in [0.05, 0.1) is 0 Å². The number of nitrogens with one attached hydrogen (secondary N) is 1. The number of hydrogen-bond donors (Lipinski definition) is 1. The fourth-order valence-electron chi connectivity index (χ4n) is 2.14. The van der Waals surface area contributed by atoms with E-state index < -0.39 is 0 Å². The summed E-state index contributed by atoms with van der Waals surface area (Å²) in [5.41, 5.74) is 3.49. The predicted octanol–water partition coefficient (Wildman–Crippen LogP) is 3.94. The highest BCUT2D eigenvalue weighted by Crippen LogP contribution is 2.20. The van der Waals surface area contributed by atoms with E-state index >= 15 is 0 Å². The van der Waals surface area contributed by atoms with Gasteiger partial charge in [0.25, 0.3) is 0 Å². The zero-order chi connectivity index (χ0) is 13.7. The summed E-state index contributed by atoms with van der Waals surface area (Å²) in [6.45, 7) is 5.05. The molecule has 2 rings (SSSR count). The zero-order valence-corrected chi connectivity index (χ0v) is 12.1. The highest BCUT2D eigenvalue weighted by molar-refractivity contribution is 6.30. The molecule has 0 spiro atoms. The van der Waals surface area contributed by atoms with Crippen LogP contribution in [0.1, 0.15) is 29.8 Å². The molecule has 0 aliphatic heterocycles. The van der Waals surface area contributed by atoms with E-state index in [-0.39, 0.29) is 6.04 Å². The molecule has 100 valence electrons. The monoisotopic (exact) mass is 274 g/mol. The second kappa shape index (κ2) is 6.69. The molecule has 0 aliphatic carbocycles. The van der Waals surface area contributed by atoms with Gasteiger partial charge < -0.3 is 5.32 Å². The van der Waals surface area contributed by atoms with E-state index in [4.69, 9.17) is 11.6 Å². The van der Waals surface area contributed by atoms with Crippen molar-refractivity contribution >= 4 is 11.6 Å². The van der Waals surface area contributed by atoms with Crippen LogP contribution in [0.5, 0.6) is 0 Å². The van der Waals surface area contributed by atoms with Crippen LogP contribution in [0.2, 0.25) is 5.02 Å². The summed E-state index contributed by atoms with van der Waals surface area (Å²) in [6.07, 6.45) is 2.87. The first-order valence-electron chi connectivity index (χ1n) is 6.59. The van der Waals surface area contributed by atoms with Gasteiger partial charge in [-0.3, -0.25) is 4.98 Å². The highest BCUT2D eigenvalue weighted by Gasteiger charge is 2.11. The van der Waals surface area contributed by atoms with Gasteiger partial charge in [0.15, 0.2) is 0 Å². The van der Waals surface area contributed by atoms with Gasteiger partial charge >= 0.3 is 0 Å². The first kappa shape index (κ1) is 14.0. The van der Waals surface area contributed by atoms with Gasteiger partial charge in [-0.2, -0.15) is 0 Å². The summed E-state index contributed by atoms with van der Waals surface area (Å²) in [4.78, 5) is 4.38. The maximum Gasteiger partial charge on any atom is 0.0408 e. The summed E-state index contributed by atoms with van der Waals surface area (Å²) in [5, 5.41) is 4.29. The quantitative estimate of drug-likeness (QED) is 0.893. The van der Waals surface area contributed by atoms with Crippen molar-refractivity contribution in [3.05, 3.63) is 64.4 Å². The van der Waals surface area contributed by atoms with Crippen molar-refractivity contribution in [1.29, 1.82) is 0 Å². The van der Waals surface area contributed by atoms with Crippen molar-refractivity contribution < 1.29 is 0 Å². The molecule has 0 amide bonds. The van der Waals surface area contributed by atoms with Crippen molar-refractivity contribution in [2.24, 2.45) is 0 Å². The van der Waals surface area contributed by atoms with Gasteiger partial charge in [-0.05, 0) is 49.2 Å². The smallest absolute Gasteiger partial charge is 0.0408 e. The Morgan fingerprint density at radius 2 is 2.11 bits per heavy atom. The Kier molecular flexibility index (Phi) is 4.94. The second-order valence-corrected chi connectivity index (χ2v) is 5.11. The number of pyridine rings is 1. The second-order valence-electron chi connectivity index (χ2n) is 4.68. The van der Waals surface area contributed by atoms with Gasteiger partial charge in [-0.15, -0.1) is 0 Å². The van der Waals surface area contributed by atoms with Crippen LogP contribution in [-0.4, -0.2) is 11.5 Å². The average molecular weight is 275 g/mol. The minimum Gasteiger partial charge on any atom is -0.310 e. The van der Waals surface area contributed by atoms with Gasteiger partial charge in [0.1, 0.15) is 0 Å². The molecule has 1 aromatic heterocycles. The van der Waals surface area contributed by atoms with Crippen LogP contribution in [0, 0.1) is 6.92 Å². The van der Waals surface area contributed by atoms with E-state index in [0.29, 0.717) is 0 Å². The molecule has 0 saturated carbocycles. The fraction of sp³-hybridized carbons (Fsp3) is 0.312. The molecule has 0 fully saturated rings. The Morgan fingerprint density at radius 1 is 1.26 bits per heavy atom. The predicted molar refractivity (Wildman–Crippen MR) is 80.5 cm³/mol. The molecule has 2 nitrogen and oxygen atoms in total. The third-order valence-electron chi connectivity index (χ3n) is 3.12. The number of hydrogen-bond acceptors (Lipinski definition) is 2. The van der Waals surface area contributed by atoms with Crippen LogP contribution in [0.3, 0.4) is 0 Å². The van der Waals surface area contributed by atoms with Crippen LogP contribution in [0.15, 0.2) is 42.6 Å². The van der Waals surface area contributed by atoms with Gasteiger partial charge in [0.2, 0.25) is 0 Å². The Hall–Kier alpha value is -1.38. The molecule has 19 heavy (non-hydrogen) atoms. The van der Waals surface area contributed by atoms with Crippen LogP contribution < -0.4 is 5.32 Å². The van der Waals surface area contributed by atoms with Gasteiger partial charge in [-0.1, -0.05) is 36.7 Å². The molecule has 1 atom stereocenters. The first-order chi connectivity index (χ1) is 9.19. The minimum absolute atomic E-state index is 0.275. The number of halogens is 1. The molecule has 1 N–H and O–H groups in total. The maximum absolute atomic E-state index is 6.04. The van der Waals surface area contributed by atoms with E-state index in [1.807, 2.05) is 31.3 Å². The lowest BCUT2D eigenvalue weighted by atomic mass is 10.00. The molecule has 0 radical (unpaired) electrons. The summed E-state index contributed by atoms with van der Waals surface area (Å²) in [7, 11) is 0. The summed E-state index contributed by atoms with van der Waals surface area (Å²) in [5.74, 6) is 0. The molecule has 1 aromatic carbocycles. The molecule has 0 saturated heterocycles.